The Kier molecular flexibility index (Phi) is 6.06. The summed E-state index contributed by atoms with van der Waals surface area (Å²) in [6.45, 7) is 1.87. The molecule has 0 spiro atoms. The summed E-state index contributed by atoms with van der Waals surface area (Å²) < 4.78 is 11.1. The van der Waals surface area contributed by atoms with Crippen molar-refractivity contribution in [1.82, 2.24) is 15.1 Å². The van der Waals surface area contributed by atoms with Gasteiger partial charge in [0, 0.05) is 25.6 Å². The van der Waals surface area contributed by atoms with E-state index in [1.54, 1.807) is 12.0 Å². The van der Waals surface area contributed by atoms with Gasteiger partial charge >= 0.3 is 0 Å². The topological polar surface area (TPSA) is 83.5 Å². The first-order valence-corrected chi connectivity index (χ1v) is 10.3. The van der Waals surface area contributed by atoms with E-state index in [1.807, 2.05) is 54.4 Å². The molecule has 2 aromatic rings. The highest BCUT2D eigenvalue weighted by Gasteiger charge is 2.30. The molecule has 4 rings (SSSR count). The number of nitrogens with one attached hydrogen (secondary N) is 1. The van der Waals surface area contributed by atoms with E-state index in [0.29, 0.717) is 45.0 Å². The number of guanidine groups is 1. The number of benzene rings is 2. The van der Waals surface area contributed by atoms with Gasteiger partial charge in [0.2, 0.25) is 17.8 Å². The van der Waals surface area contributed by atoms with E-state index in [2.05, 4.69) is 10.3 Å². The van der Waals surface area contributed by atoms with Gasteiger partial charge < -0.3 is 19.3 Å². The number of aliphatic imine (C=N–C) groups is 1. The van der Waals surface area contributed by atoms with Crippen molar-refractivity contribution in [2.45, 2.75) is 25.9 Å². The van der Waals surface area contributed by atoms with Crippen molar-refractivity contribution in [3.8, 4) is 11.5 Å². The van der Waals surface area contributed by atoms with Crippen LogP contribution in [0.15, 0.2) is 47.5 Å². The van der Waals surface area contributed by atoms with E-state index in [4.69, 9.17) is 9.47 Å². The smallest absolute Gasteiger partial charge is 0.246 e. The molecular formula is C23H26N4O4. The minimum Gasteiger partial charge on any atom is -0.497 e. The Balaban J connectivity index is 1.26. The Labute approximate surface area is 181 Å². The molecular weight excluding hydrogens is 396 g/mol. The third-order valence-corrected chi connectivity index (χ3v) is 5.37. The number of methoxy groups -OCH3 is 1. The molecule has 1 N–H and O–H groups in total. The molecule has 1 saturated heterocycles. The molecule has 0 aliphatic carbocycles. The Morgan fingerprint density at radius 1 is 1.19 bits per heavy atom. The van der Waals surface area contributed by atoms with Crippen LogP contribution in [0.5, 0.6) is 11.5 Å². The Bertz CT molecular complexity index is 1000. The van der Waals surface area contributed by atoms with E-state index in [0.717, 1.165) is 28.3 Å². The van der Waals surface area contributed by atoms with Crippen LogP contribution in [-0.2, 0) is 22.7 Å². The van der Waals surface area contributed by atoms with Crippen molar-refractivity contribution in [2.75, 3.05) is 27.3 Å². The number of ether oxygens (including phenoxy) is 2. The number of amides is 2. The van der Waals surface area contributed by atoms with Crippen molar-refractivity contribution in [3.05, 3.63) is 53.6 Å². The minimum absolute atomic E-state index is 0.0497. The average molecular weight is 422 g/mol. The molecule has 0 bridgehead atoms. The highest BCUT2D eigenvalue weighted by Crippen LogP contribution is 2.34. The molecule has 0 unspecified atom stereocenters. The summed E-state index contributed by atoms with van der Waals surface area (Å²) in [4.78, 5) is 32.2. The maximum absolute atomic E-state index is 12.5. The molecule has 31 heavy (non-hydrogen) atoms. The third kappa shape index (κ3) is 4.79. The molecule has 0 saturated carbocycles. The number of fused-ring (bicyclic) bond motifs is 2. The van der Waals surface area contributed by atoms with E-state index < -0.39 is 0 Å². The molecule has 0 atom stereocenters. The number of nitrogens with zero attached hydrogens (tertiary/aromatic N) is 3. The van der Waals surface area contributed by atoms with Gasteiger partial charge in [-0.1, -0.05) is 18.2 Å². The van der Waals surface area contributed by atoms with Crippen molar-refractivity contribution in [3.63, 3.8) is 0 Å². The van der Waals surface area contributed by atoms with Gasteiger partial charge in [0.25, 0.3) is 0 Å². The lowest BCUT2D eigenvalue weighted by Gasteiger charge is -2.24. The molecule has 2 aliphatic heterocycles. The van der Waals surface area contributed by atoms with Crippen LogP contribution in [0.4, 0.5) is 5.69 Å². The second kappa shape index (κ2) is 9.07. The second-order valence-corrected chi connectivity index (χ2v) is 7.64. The van der Waals surface area contributed by atoms with Crippen molar-refractivity contribution >= 4 is 23.5 Å². The molecule has 2 heterocycles. The number of hydrogen-bond donors (Lipinski definition) is 1. The fourth-order valence-corrected chi connectivity index (χ4v) is 3.67. The lowest BCUT2D eigenvalue weighted by atomic mass is 10.1. The van der Waals surface area contributed by atoms with Gasteiger partial charge in [-0.3, -0.25) is 14.9 Å². The first kappa shape index (κ1) is 20.7. The van der Waals surface area contributed by atoms with E-state index in [-0.39, 0.29) is 11.8 Å². The first-order chi connectivity index (χ1) is 15.0. The van der Waals surface area contributed by atoms with Crippen LogP contribution >= 0.6 is 0 Å². The van der Waals surface area contributed by atoms with E-state index in [9.17, 15) is 9.59 Å². The SMILES string of the molecule is COc1ccc(CN(C)C(=O)CCCOc2cccc3c2CN2CC(=O)NC2=N3)cc1. The number of rotatable bonds is 8. The van der Waals surface area contributed by atoms with Gasteiger partial charge in [-0.25, -0.2) is 4.99 Å². The summed E-state index contributed by atoms with van der Waals surface area (Å²) >= 11 is 0. The zero-order valence-electron chi connectivity index (χ0n) is 17.8. The van der Waals surface area contributed by atoms with Gasteiger partial charge in [0.05, 0.1) is 25.9 Å². The lowest BCUT2D eigenvalue weighted by Crippen LogP contribution is -2.32. The summed E-state index contributed by atoms with van der Waals surface area (Å²) in [6, 6.07) is 13.4. The Hall–Kier alpha value is -3.55. The second-order valence-electron chi connectivity index (χ2n) is 7.64. The van der Waals surface area contributed by atoms with Crippen molar-refractivity contribution < 1.29 is 19.1 Å². The van der Waals surface area contributed by atoms with Crippen LogP contribution in [0.3, 0.4) is 0 Å². The Morgan fingerprint density at radius 3 is 2.77 bits per heavy atom. The molecule has 0 aromatic heterocycles. The maximum atomic E-state index is 12.5. The lowest BCUT2D eigenvalue weighted by molar-refractivity contribution is -0.130. The summed E-state index contributed by atoms with van der Waals surface area (Å²) in [5, 5.41) is 2.76. The standard InChI is InChI=1S/C23H26N4O4/c1-26(13-16-8-10-17(30-2)11-9-16)22(29)7-4-12-31-20-6-3-5-19-18(20)14-27-15-21(28)25-23(27)24-19/h3,5-6,8-11H,4,7,12-15H2,1-2H3,(H,24,25,28). The van der Waals surface area contributed by atoms with Crippen LogP contribution in [0.1, 0.15) is 24.0 Å². The van der Waals surface area contributed by atoms with E-state index >= 15 is 0 Å². The van der Waals surface area contributed by atoms with Crippen LogP contribution in [0.2, 0.25) is 0 Å². The number of hydrogen-bond acceptors (Lipinski definition) is 6. The zero-order valence-corrected chi connectivity index (χ0v) is 17.8. The van der Waals surface area contributed by atoms with Crippen LogP contribution in [0, 0.1) is 0 Å². The summed E-state index contributed by atoms with van der Waals surface area (Å²) in [7, 11) is 3.44. The van der Waals surface area contributed by atoms with Crippen LogP contribution < -0.4 is 14.8 Å². The molecule has 162 valence electrons. The molecule has 0 radical (unpaired) electrons. The molecule has 1 fully saturated rings. The largest absolute Gasteiger partial charge is 0.497 e. The van der Waals surface area contributed by atoms with Crippen LogP contribution in [-0.4, -0.2) is 54.9 Å². The van der Waals surface area contributed by atoms with Gasteiger partial charge in [-0.05, 0) is 36.2 Å². The third-order valence-electron chi connectivity index (χ3n) is 5.37. The fraction of sp³-hybridized carbons (Fsp3) is 0.348. The molecule has 2 aliphatic rings. The van der Waals surface area contributed by atoms with Gasteiger partial charge in [0.15, 0.2) is 0 Å². The van der Waals surface area contributed by atoms with E-state index in [1.165, 1.54) is 0 Å². The van der Waals surface area contributed by atoms with Crippen molar-refractivity contribution in [1.29, 1.82) is 0 Å². The van der Waals surface area contributed by atoms with Gasteiger partial charge in [0.1, 0.15) is 18.0 Å². The molecule has 2 amide bonds. The van der Waals surface area contributed by atoms with Gasteiger partial charge in [-0.2, -0.15) is 0 Å². The summed E-state index contributed by atoms with van der Waals surface area (Å²) in [6.07, 6.45) is 1.03. The molecule has 8 nitrogen and oxygen atoms in total. The Morgan fingerprint density at radius 2 is 2.00 bits per heavy atom. The summed E-state index contributed by atoms with van der Waals surface area (Å²) in [5.74, 6) is 2.17. The predicted octanol–water partition coefficient (Wildman–Crippen LogP) is 2.45. The number of carbonyl (C=O) groups is 2. The monoisotopic (exact) mass is 422 g/mol. The molecule has 2 aromatic carbocycles. The predicted molar refractivity (Wildman–Crippen MR) is 116 cm³/mol. The molecule has 8 heteroatoms. The maximum Gasteiger partial charge on any atom is 0.246 e. The quantitative estimate of drug-likeness (QED) is 0.661. The summed E-state index contributed by atoms with van der Waals surface area (Å²) in [5.41, 5.74) is 2.82. The highest BCUT2D eigenvalue weighted by molar-refractivity contribution is 6.05. The fourth-order valence-electron chi connectivity index (χ4n) is 3.67. The van der Waals surface area contributed by atoms with Crippen LogP contribution in [0.25, 0.3) is 0 Å². The van der Waals surface area contributed by atoms with Gasteiger partial charge in [-0.15, -0.1) is 0 Å². The average Bonchev–Trinajstić information content (AvgIpc) is 3.14. The zero-order chi connectivity index (χ0) is 21.8. The van der Waals surface area contributed by atoms with Crippen molar-refractivity contribution in [2.24, 2.45) is 4.99 Å². The normalized spacial score (nSPS) is 14.3. The first-order valence-electron chi connectivity index (χ1n) is 10.3. The minimum atomic E-state index is -0.0497. The highest BCUT2D eigenvalue weighted by atomic mass is 16.5. The number of carbonyl (C=O) groups excluding carboxylic acids is 2.